The minimum atomic E-state index is 0.468. The van der Waals surface area contributed by atoms with Crippen LogP contribution in [0.25, 0.3) is 0 Å². The van der Waals surface area contributed by atoms with Gasteiger partial charge in [0, 0.05) is 6.07 Å². The molecule has 0 spiro atoms. The number of nitrogens with zero attached hydrogens (tertiary/aromatic N) is 2. The number of amidine groups is 1. The number of nitrogens with two attached hydrogens (primary N) is 1. The normalized spacial score (nSPS) is 11.4. The first-order valence-corrected chi connectivity index (χ1v) is 4.41. The van der Waals surface area contributed by atoms with Gasteiger partial charge in [0.15, 0.2) is 5.84 Å². The smallest absolute Gasteiger partial charge is 0.170 e. The zero-order valence-electron chi connectivity index (χ0n) is 7.92. The molecule has 2 aromatic rings. The van der Waals surface area contributed by atoms with E-state index in [-0.39, 0.29) is 0 Å². The van der Waals surface area contributed by atoms with Crippen molar-refractivity contribution in [3.05, 3.63) is 48.4 Å². The lowest BCUT2D eigenvalue weighted by molar-refractivity contribution is 0.418. The van der Waals surface area contributed by atoms with Gasteiger partial charge in [0.25, 0.3) is 0 Å². The van der Waals surface area contributed by atoms with Crippen LogP contribution in [0.2, 0.25) is 0 Å². The van der Waals surface area contributed by atoms with Crippen LogP contribution in [0.1, 0.15) is 5.69 Å². The van der Waals surface area contributed by atoms with Crippen molar-refractivity contribution in [2.45, 2.75) is 0 Å². The molecule has 3 N–H and O–H groups in total. The summed E-state index contributed by atoms with van der Waals surface area (Å²) in [5.41, 5.74) is 3.85. The van der Waals surface area contributed by atoms with Gasteiger partial charge in [-0.2, -0.15) is 0 Å². The number of benzene rings is 1. The van der Waals surface area contributed by atoms with Crippen LogP contribution < -0.4 is 11.3 Å². The van der Waals surface area contributed by atoms with Crippen LogP contribution in [-0.4, -0.2) is 11.0 Å². The van der Waals surface area contributed by atoms with Gasteiger partial charge in [-0.05, 0) is 12.1 Å². The lowest BCUT2D eigenvalue weighted by atomic mass is 10.3. The van der Waals surface area contributed by atoms with Crippen LogP contribution in [0.5, 0.6) is 0 Å². The Bertz CT molecular complexity index is 436. The molecule has 2 rings (SSSR count). The van der Waals surface area contributed by atoms with Gasteiger partial charge < -0.3 is 9.95 Å². The summed E-state index contributed by atoms with van der Waals surface area (Å²) < 4.78 is 4.71. The van der Waals surface area contributed by atoms with Crippen molar-refractivity contribution in [1.29, 1.82) is 0 Å². The Labute approximate surface area is 86.6 Å². The minimum absolute atomic E-state index is 0.468. The van der Waals surface area contributed by atoms with E-state index in [9.17, 15) is 0 Å². The van der Waals surface area contributed by atoms with Gasteiger partial charge in [-0.15, -0.1) is 0 Å². The Balaban J connectivity index is 2.32. The third-order valence-electron chi connectivity index (χ3n) is 1.81. The summed E-state index contributed by atoms with van der Waals surface area (Å²) in [5.74, 6) is 5.82. The van der Waals surface area contributed by atoms with E-state index in [0.717, 1.165) is 5.69 Å². The van der Waals surface area contributed by atoms with Crippen LogP contribution in [0.4, 0.5) is 5.69 Å². The van der Waals surface area contributed by atoms with E-state index < -0.39 is 0 Å². The Morgan fingerprint density at radius 2 is 2.07 bits per heavy atom. The standard InChI is InChI=1S/C10H10N4O/c11-13-10(9-6-7-15-14-9)12-8-4-2-1-3-5-8/h1-7H,11H2,(H,12,13). The highest BCUT2D eigenvalue weighted by molar-refractivity contribution is 5.98. The molecule has 1 heterocycles. The lowest BCUT2D eigenvalue weighted by Gasteiger charge is -2.00. The number of nitrogens with one attached hydrogen (secondary N) is 1. The van der Waals surface area contributed by atoms with E-state index in [4.69, 9.17) is 10.4 Å². The zero-order valence-corrected chi connectivity index (χ0v) is 7.92. The fourth-order valence-corrected chi connectivity index (χ4v) is 1.13. The number of hydrogen-bond donors (Lipinski definition) is 2. The summed E-state index contributed by atoms with van der Waals surface area (Å²) >= 11 is 0. The van der Waals surface area contributed by atoms with Crippen molar-refractivity contribution in [2.24, 2.45) is 10.8 Å². The van der Waals surface area contributed by atoms with Crippen LogP contribution in [0.3, 0.4) is 0 Å². The second-order valence-electron chi connectivity index (χ2n) is 2.82. The molecule has 0 aliphatic rings. The Morgan fingerprint density at radius 1 is 1.27 bits per heavy atom. The van der Waals surface area contributed by atoms with Crippen molar-refractivity contribution in [1.82, 2.24) is 10.6 Å². The topological polar surface area (TPSA) is 76.4 Å². The van der Waals surface area contributed by atoms with Gasteiger partial charge >= 0.3 is 0 Å². The Hall–Kier alpha value is -2.14. The summed E-state index contributed by atoms with van der Waals surface area (Å²) in [4.78, 5) is 4.28. The van der Waals surface area contributed by atoms with Gasteiger partial charge in [0.1, 0.15) is 12.0 Å². The molecule has 76 valence electrons. The van der Waals surface area contributed by atoms with Gasteiger partial charge in [-0.25, -0.2) is 10.8 Å². The highest BCUT2D eigenvalue weighted by Crippen LogP contribution is 2.11. The first-order valence-electron chi connectivity index (χ1n) is 4.41. The van der Waals surface area contributed by atoms with Crippen LogP contribution >= 0.6 is 0 Å². The summed E-state index contributed by atoms with van der Waals surface area (Å²) in [6.07, 6.45) is 1.47. The van der Waals surface area contributed by atoms with Crippen molar-refractivity contribution in [2.75, 3.05) is 0 Å². The third kappa shape index (κ3) is 2.21. The predicted octanol–water partition coefficient (Wildman–Crippen LogP) is 1.22. The number of hydrazine groups is 1. The number of rotatable bonds is 2. The lowest BCUT2D eigenvalue weighted by Crippen LogP contribution is -2.31. The quantitative estimate of drug-likeness (QED) is 0.332. The Morgan fingerprint density at radius 3 is 2.67 bits per heavy atom. The predicted molar refractivity (Wildman–Crippen MR) is 56.5 cm³/mol. The largest absolute Gasteiger partial charge is 0.364 e. The average Bonchev–Trinajstić information content (AvgIpc) is 2.81. The molecule has 0 saturated heterocycles. The second kappa shape index (κ2) is 4.39. The highest BCUT2D eigenvalue weighted by Gasteiger charge is 2.04. The molecule has 1 aromatic carbocycles. The molecule has 0 amide bonds. The fourth-order valence-electron chi connectivity index (χ4n) is 1.13. The molecule has 0 atom stereocenters. The first-order chi connectivity index (χ1) is 7.40. The number of para-hydroxylation sites is 1. The van der Waals surface area contributed by atoms with Gasteiger partial charge in [-0.3, -0.25) is 0 Å². The van der Waals surface area contributed by atoms with Gasteiger partial charge in [0.2, 0.25) is 0 Å². The van der Waals surface area contributed by atoms with E-state index in [1.54, 1.807) is 6.07 Å². The molecule has 0 unspecified atom stereocenters. The van der Waals surface area contributed by atoms with Gasteiger partial charge in [-0.1, -0.05) is 23.4 Å². The zero-order chi connectivity index (χ0) is 10.5. The molecule has 0 fully saturated rings. The number of hydrogen-bond acceptors (Lipinski definition) is 4. The fraction of sp³-hybridized carbons (Fsp3) is 0. The molecule has 0 saturated carbocycles. The summed E-state index contributed by atoms with van der Waals surface area (Å²) in [7, 11) is 0. The van der Waals surface area contributed by atoms with Crippen LogP contribution in [-0.2, 0) is 0 Å². The van der Waals surface area contributed by atoms with E-state index in [2.05, 4.69) is 15.6 Å². The molecule has 15 heavy (non-hydrogen) atoms. The molecular weight excluding hydrogens is 192 g/mol. The highest BCUT2D eigenvalue weighted by atomic mass is 16.5. The second-order valence-corrected chi connectivity index (χ2v) is 2.82. The SMILES string of the molecule is NNC(=Nc1ccccc1)c1ccon1. The molecule has 1 aromatic heterocycles. The van der Waals surface area contributed by atoms with E-state index in [1.165, 1.54) is 6.26 Å². The maximum Gasteiger partial charge on any atom is 0.170 e. The maximum absolute atomic E-state index is 5.35. The number of aromatic nitrogens is 1. The summed E-state index contributed by atoms with van der Waals surface area (Å²) in [5, 5.41) is 3.74. The Kier molecular flexibility index (Phi) is 2.75. The molecule has 0 aliphatic carbocycles. The van der Waals surface area contributed by atoms with E-state index in [1.807, 2.05) is 30.3 Å². The molecule has 0 aliphatic heterocycles. The maximum atomic E-state index is 5.35. The van der Waals surface area contributed by atoms with Crippen molar-refractivity contribution in [3.63, 3.8) is 0 Å². The summed E-state index contributed by atoms with van der Waals surface area (Å²) in [6.45, 7) is 0. The van der Waals surface area contributed by atoms with Crippen molar-refractivity contribution in [3.8, 4) is 0 Å². The molecule has 0 bridgehead atoms. The average molecular weight is 202 g/mol. The van der Waals surface area contributed by atoms with E-state index in [0.29, 0.717) is 11.5 Å². The molecular formula is C10H10N4O. The van der Waals surface area contributed by atoms with Gasteiger partial charge in [0.05, 0.1) is 5.69 Å². The third-order valence-corrected chi connectivity index (χ3v) is 1.81. The van der Waals surface area contributed by atoms with Crippen LogP contribution in [0, 0.1) is 0 Å². The van der Waals surface area contributed by atoms with Crippen LogP contribution in [0.15, 0.2) is 52.2 Å². The first kappa shape index (κ1) is 9.42. The molecule has 5 heteroatoms. The number of aliphatic imine (C=N–C) groups is 1. The minimum Gasteiger partial charge on any atom is -0.364 e. The molecule has 0 radical (unpaired) electrons. The monoisotopic (exact) mass is 202 g/mol. The van der Waals surface area contributed by atoms with E-state index >= 15 is 0 Å². The van der Waals surface area contributed by atoms with Crippen molar-refractivity contribution >= 4 is 11.5 Å². The van der Waals surface area contributed by atoms with Crippen molar-refractivity contribution < 1.29 is 4.52 Å². The summed E-state index contributed by atoms with van der Waals surface area (Å²) in [6, 6.07) is 11.1. The molecule has 5 nitrogen and oxygen atoms in total.